The molecule has 0 aliphatic rings. The Balaban J connectivity index is 1.80. The second kappa shape index (κ2) is 15.1. The fourth-order valence-electron chi connectivity index (χ4n) is 4.86. The molecule has 0 unspecified atom stereocenters. The third kappa shape index (κ3) is 8.86. The summed E-state index contributed by atoms with van der Waals surface area (Å²) >= 11 is 6.29. The fourth-order valence-corrected chi connectivity index (χ4v) is 6.45. The molecule has 0 spiro atoms. The zero-order chi connectivity index (χ0) is 32.6. The minimum Gasteiger partial charge on any atom is -0.497 e. The average molecular weight is 648 g/mol. The molecule has 45 heavy (non-hydrogen) atoms. The number of halogens is 1. The third-order valence-corrected chi connectivity index (χ3v) is 9.22. The van der Waals surface area contributed by atoms with Crippen molar-refractivity contribution in [2.24, 2.45) is 0 Å². The predicted octanol–water partition coefficient (Wildman–Crippen LogP) is 6.02. The molecule has 0 saturated heterocycles. The van der Waals surface area contributed by atoms with Crippen LogP contribution in [0.1, 0.15) is 30.5 Å². The van der Waals surface area contributed by atoms with E-state index >= 15 is 0 Å². The summed E-state index contributed by atoms with van der Waals surface area (Å²) in [5, 5.41) is 3.27. The maximum Gasteiger partial charge on any atom is 0.264 e. The first-order valence-corrected chi connectivity index (χ1v) is 16.4. The van der Waals surface area contributed by atoms with E-state index in [1.54, 1.807) is 30.3 Å². The fraction of sp³-hybridized carbons (Fsp3) is 0.257. The minimum absolute atomic E-state index is 0.0282. The molecule has 4 rings (SSSR count). The topological polar surface area (TPSA) is 96.0 Å². The van der Waals surface area contributed by atoms with Crippen LogP contribution in [0.4, 0.5) is 5.69 Å². The minimum atomic E-state index is -4.26. The molecule has 4 aromatic carbocycles. The van der Waals surface area contributed by atoms with Crippen molar-refractivity contribution in [3.05, 3.63) is 125 Å². The number of methoxy groups -OCH3 is 1. The summed E-state index contributed by atoms with van der Waals surface area (Å²) in [6, 6.07) is 28.3. The van der Waals surface area contributed by atoms with Gasteiger partial charge in [-0.25, -0.2) is 8.42 Å². The number of rotatable bonds is 13. The maximum atomic E-state index is 14.5. The number of anilines is 1. The summed E-state index contributed by atoms with van der Waals surface area (Å²) < 4.78 is 34.5. The predicted molar refractivity (Wildman–Crippen MR) is 178 cm³/mol. The van der Waals surface area contributed by atoms with E-state index in [-0.39, 0.29) is 35.5 Å². The number of sulfonamides is 1. The Hall–Kier alpha value is -4.34. The lowest BCUT2D eigenvalue weighted by molar-refractivity contribution is -0.140. The van der Waals surface area contributed by atoms with Gasteiger partial charge >= 0.3 is 0 Å². The number of amides is 2. The van der Waals surface area contributed by atoms with E-state index in [1.807, 2.05) is 75.4 Å². The van der Waals surface area contributed by atoms with E-state index in [1.165, 1.54) is 30.2 Å². The summed E-state index contributed by atoms with van der Waals surface area (Å²) in [6.45, 7) is 5.20. The highest BCUT2D eigenvalue weighted by Gasteiger charge is 2.35. The summed E-state index contributed by atoms with van der Waals surface area (Å²) in [5.41, 5.74) is 2.93. The van der Waals surface area contributed by atoms with Crippen molar-refractivity contribution in [2.45, 2.75) is 50.7 Å². The number of nitrogens with zero attached hydrogens (tertiary/aromatic N) is 2. The van der Waals surface area contributed by atoms with Crippen LogP contribution < -0.4 is 14.4 Å². The number of aryl methyl sites for hydroxylation is 1. The molecule has 236 valence electrons. The van der Waals surface area contributed by atoms with Crippen LogP contribution in [0.5, 0.6) is 5.75 Å². The average Bonchev–Trinajstić information content (AvgIpc) is 3.02. The van der Waals surface area contributed by atoms with E-state index in [0.29, 0.717) is 10.8 Å². The highest BCUT2D eigenvalue weighted by Crippen LogP contribution is 2.28. The molecule has 0 heterocycles. The van der Waals surface area contributed by atoms with Crippen molar-refractivity contribution in [2.75, 3.05) is 18.0 Å². The normalized spacial score (nSPS) is 12.0. The molecule has 0 aromatic heterocycles. The van der Waals surface area contributed by atoms with Gasteiger partial charge in [-0.1, -0.05) is 77.8 Å². The summed E-state index contributed by atoms with van der Waals surface area (Å²) in [4.78, 5) is 29.7. The number of carbonyl (C=O) groups is 2. The zero-order valence-corrected chi connectivity index (χ0v) is 27.4. The highest BCUT2D eigenvalue weighted by atomic mass is 35.5. The van der Waals surface area contributed by atoms with Gasteiger partial charge in [0.05, 0.1) is 17.7 Å². The Bertz CT molecular complexity index is 1700. The molecule has 0 radical (unpaired) electrons. The van der Waals surface area contributed by atoms with Crippen LogP contribution in [0.25, 0.3) is 0 Å². The smallest absolute Gasteiger partial charge is 0.264 e. The van der Waals surface area contributed by atoms with Gasteiger partial charge in [-0.3, -0.25) is 13.9 Å². The standard InChI is InChI=1S/C35H38ClN3O5S/c1-25(2)37-35(41)33(21-27-9-6-5-7-10-27)38(23-28-15-13-26(3)14-16-28)34(40)24-39(30-12-8-11-29(36)22-30)45(42,43)32-19-17-31(44-4)18-20-32/h5-20,22,25,33H,21,23-24H2,1-4H3,(H,37,41)/t33-/m0/s1. The third-order valence-electron chi connectivity index (χ3n) is 7.20. The number of nitrogens with one attached hydrogen (secondary N) is 1. The van der Waals surface area contributed by atoms with Gasteiger partial charge in [0.25, 0.3) is 10.0 Å². The summed E-state index contributed by atoms with van der Waals surface area (Å²) in [7, 11) is -2.77. The highest BCUT2D eigenvalue weighted by molar-refractivity contribution is 7.92. The lowest BCUT2D eigenvalue weighted by Gasteiger charge is -2.34. The Morgan fingerprint density at radius 3 is 2.13 bits per heavy atom. The first-order valence-electron chi connectivity index (χ1n) is 14.6. The number of hydrogen-bond donors (Lipinski definition) is 1. The van der Waals surface area contributed by atoms with Crippen LogP contribution in [0.3, 0.4) is 0 Å². The molecule has 1 N–H and O–H groups in total. The Morgan fingerprint density at radius 1 is 0.867 bits per heavy atom. The summed E-state index contributed by atoms with van der Waals surface area (Å²) in [5.74, 6) is -0.391. The van der Waals surface area contributed by atoms with Gasteiger partial charge in [0.15, 0.2) is 0 Å². The number of carbonyl (C=O) groups excluding carboxylic acids is 2. The molecule has 0 aliphatic heterocycles. The van der Waals surface area contributed by atoms with Crippen LogP contribution in [0.2, 0.25) is 5.02 Å². The number of benzene rings is 4. The monoisotopic (exact) mass is 647 g/mol. The van der Waals surface area contributed by atoms with Gasteiger partial charge in [0.1, 0.15) is 18.3 Å². The van der Waals surface area contributed by atoms with Gasteiger partial charge in [-0.2, -0.15) is 0 Å². The van der Waals surface area contributed by atoms with Crippen molar-refractivity contribution >= 4 is 39.1 Å². The molecule has 2 amide bonds. The number of ether oxygens (including phenoxy) is 1. The van der Waals surface area contributed by atoms with E-state index in [9.17, 15) is 18.0 Å². The van der Waals surface area contributed by atoms with Crippen molar-refractivity contribution in [3.8, 4) is 5.75 Å². The first-order chi connectivity index (χ1) is 21.5. The van der Waals surface area contributed by atoms with Crippen LogP contribution in [-0.2, 0) is 32.6 Å². The van der Waals surface area contributed by atoms with Crippen LogP contribution in [0.15, 0.2) is 108 Å². The summed E-state index contributed by atoms with van der Waals surface area (Å²) in [6.07, 6.45) is 0.236. The molecule has 4 aromatic rings. The Morgan fingerprint density at radius 2 is 1.53 bits per heavy atom. The van der Waals surface area contributed by atoms with Gasteiger partial charge in [0.2, 0.25) is 11.8 Å². The van der Waals surface area contributed by atoms with E-state index in [2.05, 4.69) is 5.32 Å². The van der Waals surface area contributed by atoms with Gasteiger partial charge < -0.3 is 15.0 Å². The molecule has 1 atom stereocenters. The SMILES string of the molecule is COc1ccc(S(=O)(=O)N(CC(=O)N(Cc2ccc(C)cc2)[C@@H](Cc2ccccc2)C(=O)NC(C)C)c2cccc(Cl)c2)cc1. The Kier molecular flexibility index (Phi) is 11.3. The van der Waals surface area contributed by atoms with Crippen LogP contribution in [-0.4, -0.2) is 50.9 Å². The van der Waals surface area contributed by atoms with Gasteiger partial charge in [0, 0.05) is 24.0 Å². The van der Waals surface area contributed by atoms with Gasteiger partial charge in [-0.15, -0.1) is 0 Å². The molecular weight excluding hydrogens is 610 g/mol. The van der Waals surface area contributed by atoms with Crippen LogP contribution >= 0.6 is 11.6 Å². The van der Waals surface area contributed by atoms with Gasteiger partial charge in [-0.05, 0) is 74.4 Å². The molecule has 0 aliphatic carbocycles. The zero-order valence-electron chi connectivity index (χ0n) is 25.8. The number of hydrogen-bond acceptors (Lipinski definition) is 5. The first kappa shape index (κ1) is 33.6. The Labute approximate surface area is 270 Å². The van der Waals surface area contributed by atoms with Crippen molar-refractivity contribution < 1.29 is 22.7 Å². The second-order valence-corrected chi connectivity index (χ2v) is 13.3. The largest absolute Gasteiger partial charge is 0.497 e. The van der Waals surface area contributed by atoms with Crippen molar-refractivity contribution in [3.63, 3.8) is 0 Å². The van der Waals surface area contributed by atoms with Crippen LogP contribution in [0, 0.1) is 6.92 Å². The van der Waals surface area contributed by atoms with Crippen molar-refractivity contribution in [1.29, 1.82) is 0 Å². The molecule has 0 bridgehead atoms. The maximum absolute atomic E-state index is 14.5. The molecule has 8 nitrogen and oxygen atoms in total. The van der Waals surface area contributed by atoms with E-state index in [0.717, 1.165) is 21.0 Å². The van der Waals surface area contributed by atoms with E-state index < -0.39 is 28.5 Å². The molecular formula is C35H38ClN3O5S. The second-order valence-electron chi connectivity index (χ2n) is 11.0. The van der Waals surface area contributed by atoms with E-state index in [4.69, 9.17) is 16.3 Å². The quantitative estimate of drug-likeness (QED) is 0.192. The van der Waals surface area contributed by atoms with Crippen molar-refractivity contribution in [1.82, 2.24) is 10.2 Å². The lowest BCUT2D eigenvalue weighted by Crippen LogP contribution is -2.54. The molecule has 0 saturated carbocycles. The molecule has 0 fully saturated rings. The molecule has 10 heteroatoms. The lowest BCUT2D eigenvalue weighted by atomic mass is 10.0.